The molecule has 2 nitrogen and oxygen atoms in total. The maximum Gasteiger partial charge on any atom is 0.195 e. The van der Waals surface area contributed by atoms with E-state index in [0.29, 0.717) is 5.02 Å². The smallest absolute Gasteiger partial charge is 0.195 e. The van der Waals surface area contributed by atoms with Crippen LogP contribution < -0.4 is 0 Å². The molecule has 0 saturated carbocycles. The van der Waals surface area contributed by atoms with Crippen molar-refractivity contribution in [3.8, 4) is 0 Å². The summed E-state index contributed by atoms with van der Waals surface area (Å²) >= 11 is 5.78. The Bertz CT molecular complexity index is 408. The number of hydrogen-bond donors (Lipinski definition) is 0. The van der Waals surface area contributed by atoms with Crippen molar-refractivity contribution in [1.29, 1.82) is 0 Å². The van der Waals surface area contributed by atoms with Crippen molar-refractivity contribution in [2.75, 3.05) is 0 Å². The van der Waals surface area contributed by atoms with Crippen LogP contribution in [-0.4, -0.2) is 4.98 Å². The summed E-state index contributed by atoms with van der Waals surface area (Å²) in [7, 11) is 0. The highest BCUT2D eigenvalue weighted by Crippen LogP contribution is 2.19. The molecule has 3 heteroatoms. The summed E-state index contributed by atoms with van der Waals surface area (Å²) in [5.74, 6) is 0.757. The Kier molecular flexibility index (Phi) is 1.77. The van der Waals surface area contributed by atoms with Gasteiger partial charge in [0.05, 0.1) is 0 Å². The van der Waals surface area contributed by atoms with Gasteiger partial charge in [-0.15, -0.1) is 0 Å². The van der Waals surface area contributed by atoms with Gasteiger partial charge in [-0.25, -0.2) is 4.98 Å². The van der Waals surface area contributed by atoms with Crippen LogP contribution in [0.15, 0.2) is 22.6 Å². The number of fused-ring (bicyclic) bond motifs is 1. The maximum atomic E-state index is 5.78. The van der Waals surface area contributed by atoms with Crippen LogP contribution in [0.3, 0.4) is 0 Å². The van der Waals surface area contributed by atoms with E-state index in [9.17, 15) is 0 Å². The Morgan fingerprint density at radius 3 is 3.08 bits per heavy atom. The summed E-state index contributed by atoms with van der Waals surface area (Å²) in [4.78, 5) is 4.25. The Balaban J connectivity index is 2.67. The van der Waals surface area contributed by atoms with Gasteiger partial charge in [0, 0.05) is 17.5 Å². The summed E-state index contributed by atoms with van der Waals surface area (Å²) in [5, 5.41) is 0.682. The van der Waals surface area contributed by atoms with Gasteiger partial charge in [0.15, 0.2) is 11.5 Å². The summed E-state index contributed by atoms with van der Waals surface area (Å²) in [6.07, 6.45) is 0.812. The zero-order valence-corrected chi connectivity index (χ0v) is 7.43. The van der Waals surface area contributed by atoms with Gasteiger partial charge < -0.3 is 4.42 Å². The lowest BCUT2D eigenvalue weighted by Crippen LogP contribution is -1.74. The van der Waals surface area contributed by atoms with E-state index in [1.165, 1.54) is 0 Å². The van der Waals surface area contributed by atoms with E-state index in [1.807, 2.05) is 19.1 Å². The number of halogens is 1. The molecular weight excluding hydrogens is 174 g/mol. The predicted octanol–water partition coefficient (Wildman–Crippen LogP) is 3.04. The molecular formula is C9H8ClNO. The molecule has 0 fully saturated rings. The first kappa shape index (κ1) is 7.62. The van der Waals surface area contributed by atoms with Gasteiger partial charge in [-0.1, -0.05) is 18.5 Å². The van der Waals surface area contributed by atoms with E-state index in [0.717, 1.165) is 23.4 Å². The van der Waals surface area contributed by atoms with Crippen molar-refractivity contribution < 1.29 is 4.42 Å². The normalized spacial score (nSPS) is 10.8. The molecule has 0 amide bonds. The first-order chi connectivity index (χ1) is 5.79. The van der Waals surface area contributed by atoms with E-state index >= 15 is 0 Å². The average molecular weight is 182 g/mol. The molecule has 1 heterocycles. The lowest BCUT2D eigenvalue weighted by molar-refractivity contribution is 0.538. The highest BCUT2D eigenvalue weighted by Gasteiger charge is 2.02. The molecule has 0 spiro atoms. The van der Waals surface area contributed by atoms with Crippen molar-refractivity contribution in [3.63, 3.8) is 0 Å². The second-order valence-electron chi connectivity index (χ2n) is 2.57. The Morgan fingerprint density at radius 1 is 1.50 bits per heavy atom. The highest BCUT2D eigenvalue weighted by atomic mass is 35.5. The van der Waals surface area contributed by atoms with E-state index < -0.39 is 0 Å². The fourth-order valence-corrected chi connectivity index (χ4v) is 1.26. The first-order valence-corrected chi connectivity index (χ1v) is 4.22. The molecule has 0 aliphatic carbocycles. The Morgan fingerprint density at radius 2 is 2.33 bits per heavy atom. The molecule has 1 aromatic carbocycles. The lowest BCUT2D eigenvalue weighted by Gasteiger charge is -1.85. The van der Waals surface area contributed by atoms with Gasteiger partial charge in [-0.05, 0) is 12.1 Å². The molecule has 62 valence electrons. The number of rotatable bonds is 1. The second kappa shape index (κ2) is 2.79. The minimum absolute atomic E-state index is 0.682. The fraction of sp³-hybridized carbons (Fsp3) is 0.222. The van der Waals surface area contributed by atoms with Crippen LogP contribution in [0.4, 0.5) is 0 Å². The molecule has 2 rings (SSSR count). The molecule has 0 radical (unpaired) electrons. The maximum absolute atomic E-state index is 5.78. The standard InChI is InChI=1S/C9H8ClNO/c1-2-9-11-7-4-3-6(10)5-8(7)12-9/h3-5H,2H2,1H3. The molecule has 12 heavy (non-hydrogen) atoms. The van der Waals surface area contributed by atoms with Crippen molar-refractivity contribution >= 4 is 22.7 Å². The fourth-order valence-electron chi connectivity index (χ4n) is 1.10. The minimum atomic E-state index is 0.682. The molecule has 1 aromatic heterocycles. The van der Waals surface area contributed by atoms with Gasteiger partial charge in [0.1, 0.15) is 5.52 Å². The number of nitrogens with zero attached hydrogens (tertiary/aromatic N) is 1. The Hall–Kier alpha value is -1.02. The lowest BCUT2D eigenvalue weighted by atomic mass is 10.3. The van der Waals surface area contributed by atoms with Crippen molar-refractivity contribution in [2.45, 2.75) is 13.3 Å². The monoisotopic (exact) mass is 181 g/mol. The van der Waals surface area contributed by atoms with Crippen LogP contribution in [0.2, 0.25) is 5.02 Å². The molecule has 0 saturated heterocycles. The van der Waals surface area contributed by atoms with Crippen LogP contribution in [0.25, 0.3) is 11.1 Å². The predicted molar refractivity (Wildman–Crippen MR) is 48.4 cm³/mol. The zero-order valence-electron chi connectivity index (χ0n) is 6.67. The van der Waals surface area contributed by atoms with Gasteiger partial charge in [-0.2, -0.15) is 0 Å². The van der Waals surface area contributed by atoms with E-state index in [1.54, 1.807) is 6.07 Å². The molecule has 0 atom stereocenters. The zero-order chi connectivity index (χ0) is 8.55. The average Bonchev–Trinajstić information content (AvgIpc) is 2.46. The summed E-state index contributed by atoms with van der Waals surface area (Å²) in [6.45, 7) is 2.01. The number of aryl methyl sites for hydroxylation is 1. The first-order valence-electron chi connectivity index (χ1n) is 3.84. The molecule has 0 N–H and O–H groups in total. The van der Waals surface area contributed by atoms with Crippen LogP contribution in [0.1, 0.15) is 12.8 Å². The van der Waals surface area contributed by atoms with Crippen LogP contribution >= 0.6 is 11.6 Å². The number of benzene rings is 1. The third-order valence-electron chi connectivity index (χ3n) is 1.70. The van der Waals surface area contributed by atoms with E-state index in [4.69, 9.17) is 16.0 Å². The molecule has 0 bridgehead atoms. The minimum Gasteiger partial charge on any atom is -0.441 e. The van der Waals surface area contributed by atoms with Crippen molar-refractivity contribution in [3.05, 3.63) is 29.1 Å². The second-order valence-corrected chi connectivity index (χ2v) is 3.01. The van der Waals surface area contributed by atoms with Crippen LogP contribution in [0, 0.1) is 0 Å². The quantitative estimate of drug-likeness (QED) is 0.676. The molecule has 0 aliphatic heterocycles. The summed E-state index contributed by atoms with van der Waals surface area (Å²) in [5.41, 5.74) is 1.63. The van der Waals surface area contributed by atoms with Crippen molar-refractivity contribution in [2.24, 2.45) is 0 Å². The highest BCUT2D eigenvalue weighted by molar-refractivity contribution is 6.31. The molecule has 2 aromatic rings. The summed E-state index contributed by atoms with van der Waals surface area (Å²) < 4.78 is 5.40. The van der Waals surface area contributed by atoms with Gasteiger partial charge in [0.2, 0.25) is 0 Å². The SMILES string of the molecule is CCc1nc2ccc(Cl)cc2o1. The van der Waals surface area contributed by atoms with Crippen LogP contribution in [-0.2, 0) is 6.42 Å². The Labute approximate surface area is 75.2 Å². The van der Waals surface area contributed by atoms with Crippen molar-refractivity contribution in [1.82, 2.24) is 4.98 Å². The number of hydrogen-bond acceptors (Lipinski definition) is 2. The van der Waals surface area contributed by atoms with Crippen LogP contribution in [0.5, 0.6) is 0 Å². The van der Waals surface area contributed by atoms with Gasteiger partial charge in [0.25, 0.3) is 0 Å². The largest absolute Gasteiger partial charge is 0.441 e. The molecule has 0 aliphatic rings. The van der Waals surface area contributed by atoms with E-state index in [-0.39, 0.29) is 0 Å². The van der Waals surface area contributed by atoms with Gasteiger partial charge in [-0.3, -0.25) is 0 Å². The van der Waals surface area contributed by atoms with Gasteiger partial charge >= 0.3 is 0 Å². The summed E-state index contributed by atoms with van der Waals surface area (Å²) in [6, 6.07) is 5.45. The molecule has 0 unspecified atom stereocenters. The topological polar surface area (TPSA) is 26.0 Å². The third-order valence-corrected chi connectivity index (χ3v) is 1.93. The number of oxazole rings is 1. The van der Waals surface area contributed by atoms with E-state index in [2.05, 4.69) is 4.98 Å². The number of aromatic nitrogens is 1. The third kappa shape index (κ3) is 1.18.